The molecule has 23 heavy (non-hydrogen) atoms. The summed E-state index contributed by atoms with van der Waals surface area (Å²) in [5.74, 6) is -0.687. The number of aromatic nitrogens is 2. The first kappa shape index (κ1) is 15.3. The number of halogens is 3. The smallest absolute Gasteiger partial charge is 0.421 e. The Labute approximate surface area is 129 Å². The van der Waals surface area contributed by atoms with Crippen LogP contribution in [0.4, 0.5) is 13.2 Å². The minimum atomic E-state index is -4.53. The Balaban J connectivity index is 1.62. The van der Waals surface area contributed by atoms with Gasteiger partial charge >= 0.3 is 6.18 Å². The number of ether oxygens (including phenoxy) is 1. The summed E-state index contributed by atoms with van der Waals surface area (Å²) in [7, 11) is 0. The molecule has 0 atom stereocenters. The summed E-state index contributed by atoms with van der Waals surface area (Å²) in [6.07, 6.45) is -0.803. The number of pyridine rings is 2. The number of carbonyl (C=O) groups excluding carboxylic acids is 1. The SMILES string of the molecule is O=C(c1cccnc1)N1CC(Oc2ncccc2C(F)(F)F)C1. The highest BCUT2D eigenvalue weighted by atomic mass is 19.4. The summed E-state index contributed by atoms with van der Waals surface area (Å²) in [6.45, 7) is 0.420. The Morgan fingerprint density at radius 1 is 1.22 bits per heavy atom. The van der Waals surface area contributed by atoms with E-state index in [1.54, 1.807) is 18.3 Å². The molecule has 2 aromatic rings. The number of rotatable bonds is 3. The summed E-state index contributed by atoms with van der Waals surface area (Å²) in [5, 5.41) is 0. The lowest BCUT2D eigenvalue weighted by molar-refractivity contribution is -0.140. The van der Waals surface area contributed by atoms with Crippen molar-refractivity contribution in [1.29, 1.82) is 0 Å². The first-order valence-corrected chi connectivity index (χ1v) is 6.83. The summed E-state index contributed by atoms with van der Waals surface area (Å²) in [5.41, 5.74) is -0.489. The second-order valence-electron chi connectivity index (χ2n) is 5.05. The number of hydrogen-bond acceptors (Lipinski definition) is 4. The molecule has 8 heteroatoms. The molecule has 1 fully saturated rings. The van der Waals surface area contributed by atoms with Crippen molar-refractivity contribution in [3.63, 3.8) is 0 Å². The average Bonchev–Trinajstić information content (AvgIpc) is 2.50. The molecular weight excluding hydrogens is 311 g/mol. The van der Waals surface area contributed by atoms with Gasteiger partial charge in [0.1, 0.15) is 11.7 Å². The zero-order chi connectivity index (χ0) is 16.4. The standard InChI is InChI=1S/C15H12F3N3O2/c16-15(17,18)12-4-2-6-20-13(12)23-11-8-21(9-11)14(22)10-3-1-5-19-7-10/h1-7,11H,8-9H2. The van der Waals surface area contributed by atoms with E-state index in [1.807, 2.05) is 0 Å². The van der Waals surface area contributed by atoms with Gasteiger partial charge in [0.2, 0.25) is 5.88 Å². The molecule has 0 aromatic carbocycles. The van der Waals surface area contributed by atoms with Crippen LogP contribution in [0.15, 0.2) is 42.9 Å². The number of hydrogen-bond donors (Lipinski definition) is 0. The van der Waals surface area contributed by atoms with Gasteiger partial charge in [0.05, 0.1) is 18.7 Å². The Kier molecular flexibility index (Phi) is 3.89. The molecule has 0 radical (unpaired) electrons. The molecule has 0 saturated carbocycles. The monoisotopic (exact) mass is 323 g/mol. The summed E-state index contributed by atoms with van der Waals surface area (Å²) in [6, 6.07) is 5.39. The quantitative estimate of drug-likeness (QED) is 0.870. The first-order valence-electron chi connectivity index (χ1n) is 6.83. The summed E-state index contributed by atoms with van der Waals surface area (Å²) >= 11 is 0. The topological polar surface area (TPSA) is 55.3 Å². The molecule has 0 bridgehead atoms. The van der Waals surface area contributed by atoms with E-state index in [0.29, 0.717) is 5.56 Å². The third-order valence-corrected chi connectivity index (χ3v) is 3.40. The molecule has 1 saturated heterocycles. The maximum Gasteiger partial charge on any atom is 0.421 e. The predicted octanol–water partition coefficient (Wildman–Crippen LogP) is 2.40. The molecular formula is C15H12F3N3O2. The van der Waals surface area contributed by atoms with Gasteiger partial charge < -0.3 is 9.64 Å². The highest BCUT2D eigenvalue weighted by Crippen LogP contribution is 2.35. The number of alkyl halides is 3. The fraction of sp³-hybridized carbons (Fsp3) is 0.267. The van der Waals surface area contributed by atoms with Crippen LogP contribution in [0.3, 0.4) is 0 Å². The molecule has 0 N–H and O–H groups in total. The lowest BCUT2D eigenvalue weighted by Gasteiger charge is -2.38. The van der Waals surface area contributed by atoms with Gasteiger partial charge in [-0.05, 0) is 24.3 Å². The van der Waals surface area contributed by atoms with E-state index in [0.717, 1.165) is 6.07 Å². The Morgan fingerprint density at radius 2 is 1.96 bits per heavy atom. The Morgan fingerprint density at radius 3 is 2.61 bits per heavy atom. The molecule has 0 aliphatic carbocycles. The minimum absolute atomic E-state index is 0.210. The molecule has 1 amide bonds. The maximum absolute atomic E-state index is 12.9. The lowest BCUT2D eigenvalue weighted by Crippen LogP contribution is -2.56. The Hall–Kier alpha value is -2.64. The van der Waals surface area contributed by atoms with Gasteiger partial charge in [0.25, 0.3) is 5.91 Å². The van der Waals surface area contributed by atoms with Crippen molar-refractivity contribution in [2.45, 2.75) is 12.3 Å². The lowest BCUT2D eigenvalue weighted by atomic mass is 10.1. The van der Waals surface area contributed by atoms with Crippen LogP contribution in [-0.2, 0) is 6.18 Å². The van der Waals surface area contributed by atoms with Gasteiger partial charge in [0.15, 0.2) is 0 Å². The van der Waals surface area contributed by atoms with E-state index in [4.69, 9.17) is 4.74 Å². The molecule has 0 unspecified atom stereocenters. The normalized spacial score (nSPS) is 15.2. The van der Waals surface area contributed by atoms with Crippen LogP contribution in [0.25, 0.3) is 0 Å². The molecule has 1 aliphatic heterocycles. The van der Waals surface area contributed by atoms with E-state index in [-0.39, 0.29) is 19.0 Å². The third-order valence-electron chi connectivity index (χ3n) is 3.40. The van der Waals surface area contributed by atoms with Crippen LogP contribution in [-0.4, -0.2) is 40.0 Å². The summed E-state index contributed by atoms with van der Waals surface area (Å²) in [4.78, 5) is 21.1. The largest absolute Gasteiger partial charge is 0.470 e. The number of likely N-dealkylation sites (tertiary alicyclic amines) is 1. The molecule has 120 valence electrons. The van der Waals surface area contributed by atoms with Gasteiger partial charge in [-0.3, -0.25) is 9.78 Å². The third kappa shape index (κ3) is 3.25. The predicted molar refractivity (Wildman–Crippen MR) is 73.8 cm³/mol. The van der Waals surface area contributed by atoms with E-state index in [9.17, 15) is 18.0 Å². The zero-order valence-corrected chi connectivity index (χ0v) is 11.8. The van der Waals surface area contributed by atoms with Gasteiger partial charge in [-0.2, -0.15) is 13.2 Å². The Bertz CT molecular complexity index is 701. The van der Waals surface area contributed by atoms with Gasteiger partial charge in [-0.25, -0.2) is 4.98 Å². The van der Waals surface area contributed by atoms with Crippen LogP contribution in [0, 0.1) is 0 Å². The second-order valence-corrected chi connectivity index (χ2v) is 5.05. The van der Waals surface area contributed by atoms with Crippen molar-refractivity contribution in [1.82, 2.24) is 14.9 Å². The van der Waals surface area contributed by atoms with Crippen molar-refractivity contribution in [3.8, 4) is 5.88 Å². The van der Waals surface area contributed by atoms with Crippen LogP contribution < -0.4 is 4.74 Å². The van der Waals surface area contributed by atoms with Crippen molar-refractivity contribution in [3.05, 3.63) is 54.0 Å². The van der Waals surface area contributed by atoms with Crippen LogP contribution in [0.5, 0.6) is 5.88 Å². The second kappa shape index (κ2) is 5.86. The van der Waals surface area contributed by atoms with Crippen molar-refractivity contribution < 1.29 is 22.7 Å². The molecule has 3 rings (SSSR count). The van der Waals surface area contributed by atoms with E-state index < -0.39 is 23.7 Å². The van der Waals surface area contributed by atoms with E-state index in [1.165, 1.54) is 23.4 Å². The molecule has 2 aromatic heterocycles. The van der Waals surface area contributed by atoms with Crippen molar-refractivity contribution in [2.24, 2.45) is 0 Å². The maximum atomic E-state index is 12.9. The zero-order valence-electron chi connectivity index (χ0n) is 11.8. The van der Waals surface area contributed by atoms with Gasteiger partial charge in [0, 0.05) is 18.6 Å². The number of nitrogens with zero attached hydrogens (tertiary/aromatic N) is 3. The average molecular weight is 323 g/mol. The van der Waals surface area contributed by atoms with Gasteiger partial charge in [-0.1, -0.05) is 0 Å². The molecule has 0 spiro atoms. The van der Waals surface area contributed by atoms with Gasteiger partial charge in [-0.15, -0.1) is 0 Å². The van der Waals surface area contributed by atoms with E-state index in [2.05, 4.69) is 9.97 Å². The number of carbonyl (C=O) groups is 1. The highest BCUT2D eigenvalue weighted by molar-refractivity contribution is 5.94. The molecule has 1 aliphatic rings. The fourth-order valence-electron chi connectivity index (χ4n) is 2.21. The highest BCUT2D eigenvalue weighted by Gasteiger charge is 2.38. The minimum Gasteiger partial charge on any atom is -0.470 e. The van der Waals surface area contributed by atoms with Crippen LogP contribution in [0.2, 0.25) is 0 Å². The van der Waals surface area contributed by atoms with E-state index >= 15 is 0 Å². The van der Waals surface area contributed by atoms with Crippen molar-refractivity contribution >= 4 is 5.91 Å². The number of amides is 1. The van der Waals surface area contributed by atoms with Crippen molar-refractivity contribution in [2.75, 3.05) is 13.1 Å². The summed E-state index contributed by atoms with van der Waals surface area (Å²) < 4.78 is 43.9. The first-order chi connectivity index (χ1) is 10.9. The van der Waals surface area contributed by atoms with Crippen LogP contribution in [0.1, 0.15) is 15.9 Å². The fourth-order valence-corrected chi connectivity index (χ4v) is 2.21. The van der Waals surface area contributed by atoms with Crippen LogP contribution >= 0.6 is 0 Å². The molecule has 5 nitrogen and oxygen atoms in total. The molecule has 3 heterocycles.